The van der Waals surface area contributed by atoms with E-state index < -0.39 is 7.82 Å². The Bertz CT molecular complexity index is 615. The summed E-state index contributed by atoms with van der Waals surface area (Å²) in [6.07, 6.45) is 1.04. The predicted octanol–water partition coefficient (Wildman–Crippen LogP) is 5.33. The highest BCUT2D eigenvalue weighted by molar-refractivity contribution is 8.76. The Labute approximate surface area is 176 Å². The Morgan fingerprint density at radius 3 is 2.11 bits per heavy atom. The predicted molar refractivity (Wildman–Crippen MR) is 117 cm³/mol. The van der Waals surface area contributed by atoms with Crippen LogP contribution in [0.15, 0.2) is 24.3 Å². The fraction of sp³-hybridized carbons (Fsp3) is 0.632. The zero-order valence-electron chi connectivity index (χ0n) is 17.2. The molecule has 28 heavy (non-hydrogen) atoms. The fourth-order valence-corrected chi connectivity index (χ4v) is 4.78. The first-order valence-electron chi connectivity index (χ1n) is 9.17. The highest BCUT2D eigenvalue weighted by atomic mass is 33.1. The van der Waals surface area contributed by atoms with Crippen LogP contribution in [0.4, 0.5) is 0 Å². The second kappa shape index (κ2) is 13.7. The van der Waals surface area contributed by atoms with Crippen LogP contribution in [-0.2, 0) is 34.1 Å². The lowest BCUT2D eigenvalue weighted by Gasteiger charge is -2.13. The maximum atomic E-state index is 12.2. The van der Waals surface area contributed by atoms with Gasteiger partial charge in [-0.1, -0.05) is 59.7 Å². The van der Waals surface area contributed by atoms with E-state index >= 15 is 0 Å². The molecule has 0 amide bonds. The van der Waals surface area contributed by atoms with Crippen molar-refractivity contribution >= 4 is 35.4 Å². The molecule has 0 bridgehead atoms. The average Bonchev–Trinajstić information content (AvgIpc) is 2.69. The minimum atomic E-state index is -3.40. The lowest BCUT2D eigenvalue weighted by atomic mass is 9.97. The summed E-state index contributed by atoms with van der Waals surface area (Å²) in [6, 6.07) is 8.18. The van der Waals surface area contributed by atoms with E-state index in [4.69, 9.17) is 9.26 Å². The van der Waals surface area contributed by atoms with Gasteiger partial charge in [-0.3, -0.25) is 18.4 Å². The molecule has 9 heteroatoms. The van der Waals surface area contributed by atoms with Gasteiger partial charge in [-0.05, 0) is 30.4 Å². The molecule has 0 aromatic heterocycles. The summed E-state index contributed by atoms with van der Waals surface area (Å²) < 4.78 is 31.5. The molecular formula is C19H31O6PS2. The van der Waals surface area contributed by atoms with Gasteiger partial charge in [0, 0.05) is 25.7 Å². The van der Waals surface area contributed by atoms with Gasteiger partial charge in [-0.2, -0.15) is 0 Å². The van der Waals surface area contributed by atoms with Gasteiger partial charge in [0.1, 0.15) is 6.61 Å². The normalized spacial score (nSPS) is 12.9. The molecule has 160 valence electrons. The molecule has 1 unspecified atom stereocenters. The van der Waals surface area contributed by atoms with E-state index in [1.165, 1.54) is 19.8 Å². The molecule has 0 saturated carbocycles. The van der Waals surface area contributed by atoms with Crippen LogP contribution in [0.3, 0.4) is 0 Å². The van der Waals surface area contributed by atoms with Crippen molar-refractivity contribution in [1.29, 1.82) is 0 Å². The Morgan fingerprint density at radius 2 is 1.57 bits per heavy atom. The summed E-state index contributed by atoms with van der Waals surface area (Å²) in [4.78, 5) is 12.2. The maximum Gasteiger partial charge on any atom is 0.474 e. The van der Waals surface area contributed by atoms with E-state index in [-0.39, 0.29) is 18.5 Å². The number of hydrogen-bond donors (Lipinski definition) is 0. The summed E-state index contributed by atoms with van der Waals surface area (Å²) >= 11 is 0. The number of carbonyl (C=O) groups is 1. The van der Waals surface area contributed by atoms with Crippen molar-refractivity contribution in [1.82, 2.24) is 0 Å². The number of rotatable bonds is 14. The molecule has 0 spiro atoms. The lowest BCUT2D eigenvalue weighted by molar-refractivity contribution is -0.144. The molecule has 0 heterocycles. The van der Waals surface area contributed by atoms with Crippen molar-refractivity contribution in [2.24, 2.45) is 5.92 Å². The highest BCUT2D eigenvalue weighted by Gasteiger charge is 2.22. The average molecular weight is 451 g/mol. The smallest absolute Gasteiger partial charge is 0.464 e. The highest BCUT2D eigenvalue weighted by Crippen LogP contribution is 2.47. The summed E-state index contributed by atoms with van der Waals surface area (Å²) in [5, 5.41) is 0. The molecule has 0 aliphatic carbocycles. The molecule has 0 radical (unpaired) electrons. The second-order valence-electron chi connectivity index (χ2n) is 6.52. The van der Waals surface area contributed by atoms with Crippen molar-refractivity contribution in [2.75, 3.05) is 38.9 Å². The first-order chi connectivity index (χ1) is 13.3. The number of esters is 1. The molecule has 0 N–H and O–H groups in total. The van der Waals surface area contributed by atoms with E-state index in [9.17, 15) is 9.36 Å². The van der Waals surface area contributed by atoms with Crippen LogP contribution in [-0.4, -0.2) is 44.9 Å². The van der Waals surface area contributed by atoms with Crippen LogP contribution < -0.4 is 0 Å². The van der Waals surface area contributed by atoms with Gasteiger partial charge in [-0.25, -0.2) is 4.57 Å². The first-order valence-corrected chi connectivity index (χ1v) is 13.1. The molecule has 1 rings (SSSR count). The molecule has 1 atom stereocenters. The summed E-state index contributed by atoms with van der Waals surface area (Å²) in [5.74, 6) is 1.40. The molecule has 0 fully saturated rings. The van der Waals surface area contributed by atoms with E-state index in [0.29, 0.717) is 24.0 Å². The van der Waals surface area contributed by atoms with E-state index in [1.807, 2.05) is 19.1 Å². The lowest BCUT2D eigenvalue weighted by Crippen LogP contribution is -2.14. The quantitative estimate of drug-likeness (QED) is 0.163. The monoisotopic (exact) mass is 450 g/mol. The Kier molecular flexibility index (Phi) is 12.5. The number of phosphoric acid groups is 1. The zero-order chi connectivity index (χ0) is 21.0. The van der Waals surface area contributed by atoms with Gasteiger partial charge in [0.05, 0.1) is 12.5 Å². The van der Waals surface area contributed by atoms with Crippen molar-refractivity contribution in [2.45, 2.75) is 33.1 Å². The topological polar surface area (TPSA) is 71.1 Å². The van der Waals surface area contributed by atoms with Gasteiger partial charge in [-0.15, -0.1) is 0 Å². The minimum Gasteiger partial charge on any atom is -0.464 e. The third-order valence-electron chi connectivity index (χ3n) is 3.83. The van der Waals surface area contributed by atoms with Crippen LogP contribution in [0, 0.1) is 5.92 Å². The third kappa shape index (κ3) is 9.81. The summed E-state index contributed by atoms with van der Waals surface area (Å²) in [7, 11) is 2.27. The van der Waals surface area contributed by atoms with Crippen LogP contribution in [0.2, 0.25) is 0 Å². The van der Waals surface area contributed by atoms with Crippen LogP contribution >= 0.6 is 29.4 Å². The van der Waals surface area contributed by atoms with Crippen LogP contribution in [0.25, 0.3) is 0 Å². The molecule has 0 aliphatic heterocycles. The molecule has 1 aromatic carbocycles. The largest absolute Gasteiger partial charge is 0.474 e. The number of ether oxygens (including phenoxy) is 1. The molecular weight excluding hydrogens is 419 g/mol. The Hall–Kier alpha value is -0.500. The van der Waals surface area contributed by atoms with Gasteiger partial charge < -0.3 is 4.74 Å². The van der Waals surface area contributed by atoms with Gasteiger partial charge in [0.15, 0.2) is 0 Å². The fourth-order valence-electron chi connectivity index (χ4n) is 2.33. The first kappa shape index (κ1) is 25.5. The molecule has 0 aliphatic rings. The standard InChI is InChI=1S/C19H31O6PS2/c1-15(2)14-17-6-8-18(9-7-17)16(3)19(20)24-10-12-27-28-13-11-25-26(21,22-4)23-5/h6-9,15-16H,10-14H2,1-5H3. The molecule has 0 saturated heterocycles. The maximum absolute atomic E-state index is 12.2. The number of hydrogen-bond acceptors (Lipinski definition) is 8. The molecule has 6 nitrogen and oxygen atoms in total. The van der Waals surface area contributed by atoms with Gasteiger partial charge >= 0.3 is 13.8 Å². The van der Waals surface area contributed by atoms with Gasteiger partial charge in [0.25, 0.3) is 0 Å². The third-order valence-corrected chi connectivity index (χ3v) is 7.56. The number of carbonyl (C=O) groups excluding carboxylic acids is 1. The Balaban J connectivity index is 2.20. The van der Waals surface area contributed by atoms with E-state index in [2.05, 4.69) is 35.0 Å². The van der Waals surface area contributed by atoms with Crippen molar-refractivity contribution < 1.29 is 27.7 Å². The van der Waals surface area contributed by atoms with Crippen molar-refractivity contribution in [3.05, 3.63) is 35.4 Å². The zero-order valence-corrected chi connectivity index (χ0v) is 19.7. The Morgan fingerprint density at radius 1 is 1.00 bits per heavy atom. The second-order valence-corrected chi connectivity index (χ2v) is 11.1. The van der Waals surface area contributed by atoms with Crippen molar-refractivity contribution in [3.8, 4) is 0 Å². The molecule has 1 aromatic rings. The van der Waals surface area contributed by atoms with E-state index in [1.54, 1.807) is 21.6 Å². The van der Waals surface area contributed by atoms with Crippen molar-refractivity contribution in [3.63, 3.8) is 0 Å². The van der Waals surface area contributed by atoms with Crippen LogP contribution in [0.1, 0.15) is 37.8 Å². The van der Waals surface area contributed by atoms with E-state index in [0.717, 1.165) is 12.0 Å². The minimum absolute atomic E-state index is 0.216. The number of phosphoric ester groups is 1. The van der Waals surface area contributed by atoms with Crippen LogP contribution in [0.5, 0.6) is 0 Å². The van der Waals surface area contributed by atoms with Gasteiger partial charge in [0.2, 0.25) is 0 Å². The summed E-state index contributed by atoms with van der Waals surface area (Å²) in [5.41, 5.74) is 2.25. The summed E-state index contributed by atoms with van der Waals surface area (Å²) in [6.45, 7) is 6.84. The number of benzene rings is 1. The SMILES string of the molecule is COP(=O)(OC)OCCSSCCOC(=O)C(C)c1ccc(CC(C)C)cc1.